The fourth-order valence-electron chi connectivity index (χ4n) is 1.53. The maximum Gasteiger partial charge on any atom is 0.178 e. The Hall–Kier alpha value is -1.47. The number of rotatable bonds is 5. The molecule has 7 heteroatoms. The predicted molar refractivity (Wildman–Crippen MR) is 59.2 cm³/mol. The van der Waals surface area contributed by atoms with Crippen LogP contribution in [0.25, 0.3) is 0 Å². The van der Waals surface area contributed by atoms with E-state index >= 15 is 0 Å². The topological polar surface area (TPSA) is 83.2 Å². The highest BCUT2D eigenvalue weighted by Crippen LogP contribution is 2.44. The van der Waals surface area contributed by atoms with Crippen LogP contribution < -0.4 is 16.6 Å². The standard InChI is InChI=1S/C10H14F2N4O/c11-6-3-7(12)9(16-13)15-8(6)14-4-10(5-17)1-2-10/h3,17H,1-2,4-5,13H2,(H2,14,15,16). The van der Waals surface area contributed by atoms with Gasteiger partial charge < -0.3 is 15.8 Å². The van der Waals surface area contributed by atoms with Crippen LogP contribution in [0.4, 0.5) is 20.4 Å². The highest BCUT2D eigenvalue weighted by molar-refractivity contribution is 5.47. The molecule has 1 fully saturated rings. The van der Waals surface area contributed by atoms with Gasteiger partial charge in [-0.05, 0) is 12.8 Å². The number of aliphatic hydroxyl groups excluding tert-OH is 1. The Kier molecular flexibility index (Phi) is 3.12. The van der Waals surface area contributed by atoms with Crippen LogP contribution in [0.5, 0.6) is 0 Å². The molecule has 5 nitrogen and oxygen atoms in total. The predicted octanol–water partition coefficient (Wildman–Crippen LogP) is 0.830. The number of pyridine rings is 1. The van der Waals surface area contributed by atoms with Gasteiger partial charge in [0.05, 0.1) is 6.61 Å². The van der Waals surface area contributed by atoms with Gasteiger partial charge >= 0.3 is 0 Å². The maximum atomic E-state index is 13.4. The molecule has 1 aromatic heterocycles. The normalized spacial score (nSPS) is 16.7. The average molecular weight is 244 g/mol. The number of aliphatic hydroxyl groups is 1. The Bertz CT molecular complexity index is 423. The summed E-state index contributed by atoms with van der Waals surface area (Å²) in [4.78, 5) is 3.68. The lowest BCUT2D eigenvalue weighted by Gasteiger charge is -2.14. The molecule has 0 bridgehead atoms. The van der Waals surface area contributed by atoms with Crippen molar-refractivity contribution in [3.05, 3.63) is 17.7 Å². The molecule has 0 aromatic carbocycles. The third-order valence-electron chi connectivity index (χ3n) is 2.99. The molecule has 94 valence electrons. The zero-order valence-electron chi connectivity index (χ0n) is 9.13. The molecule has 0 atom stereocenters. The Morgan fingerprint density at radius 3 is 2.53 bits per heavy atom. The molecule has 1 aliphatic carbocycles. The zero-order chi connectivity index (χ0) is 12.5. The van der Waals surface area contributed by atoms with Crippen LogP contribution in [0.15, 0.2) is 6.07 Å². The molecule has 1 heterocycles. The summed E-state index contributed by atoms with van der Waals surface area (Å²) in [5, 5.41) is 11.9. The van der Waals surface area contributed by atoms with Crippen LogP contribution in [-0.2, 0) is 0 Å². The molecule has 0 unspecified atom stereocenters. The van der Waals surface area contributed by atoms with E-state index in [2.05, 4.69) is 10.3 Å². The molecule has 17 heavy (non-hydrogen) atoms. The summed E-state index contributed by atoms with van der Waals surface area (Å²) in [6, 6.07) is 0.711. The zero-order valence-corrected chi connectivity index (χ0v) is 9.13. The van der Waals surface area contributed by atoms with Crippen LogP contribution in [0.2, 0.25) is 0 Å². The van der Waals surface area contributed by atoms with Crippen molar-refractivity contribution in [2.45, 2.75) is 12.8 Å². The third-order valence-corrected chi connectivity index (χ3v) is 2.99. The summed E-state index contributed by atoms with van der Waals surface area (Å²) < 4.78 is 26.4. The van der Waals surface area contributed by atoms with Crippen LogP contribution in [-0.4, -0.2) is 23.2 Å². The summed E-state index contributed by atoms with van der Waals surface area (Å²) in [5.74, 6) is 3.13. The van der Waals surface area contributed by atoms with E-state index in [0.29, 0.717) is 12.6 Å². The van der Waals surface area contributed by atoms with Gasteiger partial charge in [-0.15, -0.1) is 0 Å². The van der Waals surface area contributed by atoms with E-state index < -0.39 is 11.6 Å². The van der Waals surface area contributed by atoms with Crippen molar-refractivity contribution in [3.63, 3.8) is 0 Å². The summed E-state index contributed by atoms with van der Waals surface area (Å²) in [6.45, 7) is 0.452. The highest BCUT2D eigenvalue weighted by atomic mass is 19.1. The van der Waals surface area contributed by atoms with Gasteiger partial charge in [0.1, 0.15) is 0 Å². The molecular formula is C10H14F2N4O. The van der Waals surface area contributed by atoms with Crippen molar-refractivity contribution in [1.82, 2.24) is 4.98 Å². The second kappa shape index (κ2) is 4.42. The van der Waals surface area contributed by atoms with Gasteiger partial charge in [0.15, 0.2) is 23.3 Å². The smallest absolute Gasteiger partial charge is 0.178 e. The van der Waals surface area contributed by atoms with E-state index in [1.807, 2.05) is 5.43 Å². The molecule has 1 saturated carbocycles. The first-order valence-electron chi connectivity index (χ1n) is 5.28. The summed E-state index contributed by atoms with van der Waals surface area (Å²) in [7, 11) is 0. The monoisotopic (exact) mass is 244 g/mol. The lowest BCUT2D eigenvalue weighted by Crippen LogP contribution is -2.21. The number of hydrazine groups is 1. The first-order chi connectivity index (χ1) is 8.10. The van der Waals surface area contributed by atoms with Gasteiger partial charge in [-0.3, -0.25) is 0 Å². The van der Waals surface area contributed by atoms with Crippen LogP contribution >= 0.6 is 0 Å². The van der Waals surface area contributed by atoms with Crippen molar-refractivity contribution in [1.29, 1.82) is 0 Å². The molecule has 0 spiro atoms. The Labute approximate surface area is 97.0 Å². The molecule has 5 N–H and O–H groups in total. The van der Waals surface area contributed by atoms with Crippen molar-refractivity contribution >= 4 is 11.6 Å². The molecule has 0 saturated heterocycles. The number of hydrogen-bond acceptors (Lipinski definition) is 5. The van der Waals surface area contributed by atoms with Gasteiger partial charge in [-0.1, -0.05) is 0 Å². The van der Waals surface area contributed by atoms with Gasteiger partial charge in [0.25, 0.3) is 0 Å². The Morgan fingerprint density at radius 1 is 1.35 bits per heavy atom. The summed E-state index contributed by atoms with van der Waals surface area (Å²) in [6.07, 6.45) is 1.78. The number of aromatic nitrogens is 1. The van der Waals surface area contributed by atoms with Gasteiger partial charge in [0, 0.05) is 18.0 Å². The molecule has 0 aliphatic heterocycles. The number of anilines is 2. The molecular weight excluding hydrogens is 230 g/mol. The number of nitrogens with zero attached hydrogens (tertiary/aromatic N) is 1. The lowest BCUT2D eigenvalue weighted by atomic mass is 10.1. The first kappa shape index (κ1) is 12.0. The molecule has 1 aliphatic rings. The molecule has 0 amide bonds. The van der Waals surface area contributed by atoms with Gasteiger partial charge in [-0.2, -0.15) is 0 Å². The quantitative estimate of drug-likeness (QED) is 0.455. The number of hydrogen-bond donors (Lipinski definition) is 4. The SMILES string of the molecule is NNc1nc(NCC2(CO)CC2)c(F)cc1F. The molecule has 1 aromatic rings. The van der Waals surface area contributed by atoms with E-state index in [1.165, 1.54) is 0 Å². The number of nitrogens with two attached hydrogens (primary N) is 1. The van der Waals surface area contributed by atoms with Gasteiger partial charge in [-0.25, -0.2) is 19.6 Å². The molecule has 0 radical (unpaired) electrons. The van der Waals surface area contributed by atoms with Gasteiger partial charge in [0.2, 0.25) is 0 Å². The first-order valence-corrected chi connectivity index (χ1v) is 5.28. The van der Waals surface area contributed by atoms with Crippen molar-refractivity contribution in [3.8, 4) is 0 Å². The number of nitrogens with one attached hydrogen (secondary N) is 2. The van der Waals surface area contributed by atoms with E-state index in [-0.39, 0.29) is 23.7 Å². The fourth-order valence-corrected chi connectivity index (χ4v) is 1.53. The average Bonchev–Trinajstić information content (AvgIpc) is 3.09. The van der Waals surface area contributed by atoms with Crippen LogP contribution in [0.3, 0.4) is 0 Å². The fraction of sp³-hybridized carbons (Fsp3) is 0.500. The van der Waals surface area contributed by atoms with E-state index in [4.69, 9.17) is 10.9 Å². The van der Waals surface area contributed by atoms with Crippen molar-refractivity contribution in [2.24, 2.45) is 11.3 Å². The van der Waals surface area contributed by atoms with E-state index in [1.54, 1.807) is 0 Å². The lowest BCUT2D eigenvalue weighted by molar-refractivity contribution is 0.219. The Morgan fingerprint density at radius 2 is 2.00 bits per heavy atom. The minimum absolute atomic E-state index is 0.0464. The van der Waals surface area contributed by atoms with Crippen LogP contribution in [0.1, 0.15) is 12.8 Å². The molecule has 2 rings (SSSR count). The number of halogens is 2. The third kappa shape index (κ3) is 2.45. The minimum Gasteiger partial charge on any atom is -0.396 e. The van der Waals surface area contributed by atoms with Crippen molar-refractivity contribution in [2.75, 3.05) is 23.9 Å². The minimum atomic E-state index is -0.848. The largest absolute Gasteiger partial charge is 0.396 e. The second-order valence-electron chi connectivity index (χ2n) is 4.31. The highest BCUT2D eigenvalue weighted by Gasteiger charge is 2.41. The van der Waals surface area contributed by atoms with E-state index in [0.717, 1.165) is 12.8 Å². The summed E-state index contributed by atoms with van der Waals surface area (Å²) >= 11 is 0. The number of nitrogen functional groups attached to an aromatic ring is 1. The summed E-state index contributed by atoms with van der Waals surface area (Å²) in [5.41, 5.74) is 1.87. The second-order valence-corrected chi connectivity index (χ2v) is 4.31. The Balaban J connectivity index is 2.10. The van der Waals surface area contributed by atoms with E-state index in [9.17, 15) is 8.78 Å². The maximum absolute atomic E-state index is 13.4. The van der Waals surface area contributed by atoms with Crippen LogP contribution in [0, 0.1) is 17.0 Å². The van der Waals surface area contributed by atoms with Crippen molar-refractivity contribution < 1.29 is 13.9 Å².